The summed E-state index contributed by atoms with van der Waals surface area (Å²) in [5.41, 5.74) is 1.08. The van der Waals surface area contributed by atoms with E-state index in [-0.39, 0.29) is 23.1 Å². The molecule has 2 aromatic heterocycles. The summed E-state index contributed by atoms with van der Waals surface area (Å²) in [7, 11) is 1.45. The van der Waals surface area contributed by atoms with Crippen molar-refractivity contribution in [3.63, 3.8) is 0 Å². The first-order chi connectivity index (χ1) is 16.9. The summed E-state index contributed by atoms with van der Waals surface area (Å²) in [6.45, 7) is 0.402. The third kappa shape index (κ3) is 5.85. The first-order valence-corrected chi connectivity index (χ1v) is 10.6. The number of hydrogen-bond donors (Lipinski definition) is 2. The molecule has 2 heterocycles. The number of hydrogen-bond acceptors (Lipinski definition) is 6. The number of aryl methyl sites for hydroxylation is 1. The van der Waals surface area contributed by atoms with Crippen LogP contribution in [-0.2, 0) is 13.5 Å². The van der Waals surface area contributed by atoms with Crippen LogP contribution in [0.25, 0.3) is 0 Å². The molecular formula is C25H21F2N5O3. The number of halogens is 2. The van der Waals surface area contributed by atoms with Gasteiger partial charge in [-0.1, -0.05) is 12.1 Å². The molecule has 0 saturated carbocycles. The van der Waals surface area contributed by atoms with Gasteiger partial charge in [0, 0.05) is 49.2 Å². The summed E-state index contributed by atoms with van der Waals surface area (Å²) in [6, 6.07) is 14.9. The molecule has 0 spiro atoms. The van der Waals surface area contributed by atoms with E-state index in [0.717, 1.165) is 22.5 Å². The maximum Gasteiger partial charge on any atom is 0.294 e. The van der Waals surface area contributed by atoms with Gasteiger partial charge in [-0.25, -0.2) is 13.5 Å². The fraction of sp³-hybridized carbons (Fsp3) is 0.120. The number of anilines is 2. The highest BCUT2D eigenvalue weighted by molar-refractivity contribution is 5.95. The minimum absolute atomic E-state index is 0.0288. The summed E-state index contributed by atoms with van der Waals surface area (Å²) >= 11 is 0. The van der Waals surface area contributed by atoms with Crippen molar-refractivity contribution in [3.8, 4) is 11.5 Å². The molecule has 0 bridgehead atoms. The predicted molar refractivity (Wildman–Crippen MR) is 126 cm³/mol. The van der Waals surface area contributed by atoms with Gasteiger partial charge in [0.05, 0.1) is 6.20 Å². The number of nitrogens with one attached hydrogen (secondary N) is 2. The first-order valence-electron chi connectivity index (χ1n) is 10.6. The predicted octanol–water partition coefficient (Wildman–Crippen LogP) is 3.96. The van der Waals surface area contributed by atoms with Crippen molar-refractivity contribution in [2.24, 2.45) is 7.05 Å². The summed E-state index contributed by atoms with van der Waals surface area (Å²) < 4.78 is 33.9. The fourth-order valence-corrected chi connectivity index (χ4v) is 3.23. The number of amides is 1. The lowest BCUT2D eigenvalue weighted by Crippen LogP contribution is -2.26. The standard InChI is InChI=1S/C25H21F2N5O3/c1-32-25(34)23(22(15-30-32)35-21-9-8-17(26)14-20(21)27)31-19-7-4-5-16(13-19)24(33)29-12-10-18-6-2-3-11-28-18/h2-9,11,13-15,31H,10,12H2,1H3,(H,29,33). The summed E-state index contributed by atoms with van der Waals surface area (Å²) in [5, 5.41) is 9.66. The van der Waals surface area contributed by atoms with Gasteiger partial charge in [-0.05, 0) is 42.5 Å². The van der Waals surface area contributed by atoms with E-state index in [4.69, 9.17) is 4.74 Å². The summed E-state index contributed by atoms with van der Waals surface area (Å²) in [5.74, 6) is -2.32. The van der Waals surface area contributed by atoms with E-state index in [2.05, 4.69) is 20.7 Å². The van der Waals surface area contributed by atoms with E-state index in [1.165, 1.54) is 13.2 Å². The van der Waals surface area contributed by atoms with E-state index in [1.807, 2.05) is 18.2 Å². The van der Waals surface area contributed by atoms with Gasteiger partial charge in [-0.15, -0.1) is 0 Å². The van der Waals surface area contributed by atoms with Crippen LogP contribution in [0.4, 0.5) is 20.2 Å². The van der Waals surface area contributed by atoms with E-state index >= 15 is 0 Å². The second-order valence-electron chi connectivity index (χ2n) is 7.52. The third-order valence-corrected chi connectivity index (χ3v) is 5.00. The van der Waals surface area contributed by atoms with Gasteiger partial charge >= 0.3 is 0 Å². The minimum atomic E-state index is -0.930. The number of aromatic nitrogens is 3. The van der Waals surface area contributed by atoms with Gasteiger partial charge < -0.3 is 15.4 Å². The molecule has 0 fully saturated rings. The number of carbonyl (C=O) groups is 1. The Kier molecular flexibility index (Phi) is 7.10. The lowest BCUT2D eigenvalue weighted by atomic mass is 10.1. The van der Waals surface area contributed by atoms with Crippen LogP contribution < -0.4 is 20.9 Å². The Morgan fingerprint density at radius 1 is 1.06 bits per heavy atom. The van der Waals surface area contributed by atoms with E-state index in [1.54, 1.807) is 30.5 Å². The molecule has 0 aliphatic heterocycles. The van der Waals surface area contributed by atoms with Crippen molar-refractivity contribution < 1.29 is 18.3 Å². The summed E-state index contributed by atoms with van der Waals surface area (Å²) in [4.78, 5) is 29.6. The molecule has 4 aromatic rings. The third-order valence-electron chi connectivity index (χ3n) is 5.00. The van der Waals surface area contributed by atoms with Crippen molar-refractivity contribution in [1.82, 2.24) is 20.1 Å². The number of pyridine rings is 1. The monoisotopic (exact) mass is 477 g/mol. The van der Waals surface area contributed by atoms with Gasteiger partial charge in [0.15, 0.2) is 23.0 Å². The Bertz CT molecular complexity index is 1410. The zero-order valence-corrected chi connectivity index (χ0v) is 18.7. The highest BCUT2D eigenvalue weighted by Crippen LogP contribution is 2.30. The molecule has 1 amide bonds. The second-order valence-corrected chi connectivity index (χ2v) is 7.52. The largest absolute Gasteiger partial charge is 0.450 e. The molecule has 0 radical (unpaired) electrons. The Morgan fingerprint density at radius 3 is 2.69 bits per heavy atom. The van der Waals surface area contributed by atoms with Crippen LogP contribution in [0, 0.1) is 11.6 Å². The Labute approximate surface area is 199 Å². The smallest absolute Gasteiger partial charge is 0.294 e. The lowest BCUT2D eigenvalue weighted by Gasteiger charge is -2.14. The number of nitrogens with zero attached hydrogens (tertiary/aromatic N) is 3. The zero-order valence-electron chi connectivity index (χ0n) is 18.7. The van der Waals surface area contributed by atoms with Gasteiger partial charge in [0.25, 0.3) is 11.5 Å². The van der Waals surface area contributed by atoms with Crippen molar-refractivity contribution in [3.05, 3.63) is 106 Å². The normalized spacial score (nSPS) is 10.6. The SMILES string of the molecule is Cn1ncc(Oc2ccc(F)cc2F)c(Nc2cccc(C(=O)NCCc3ccccn3)c2)c1=O. The molecule has 0 atom stereocenters. The quantitative estimate of drug-likeness (QED) is 0.399. The van der Waals surface area contributed by atoms with Crippen LogP contribution in [0.3, 0.4) is 0 Å². The molecule has 4 rings (SSSR count). The molecule has 35 heavy (non-hydrogen) atoms. The first kappa shape index (κ1) is 23.6. The minimum Gasteiger partial charge on any atom is -0.450 e. The number of ether oxygens (including phenoxy) is 1. The van der Waals surface area contributed by atoms with Gasteiger partial charge in [-0.2, -0.15) is 5.10 Å². The van der Waals surface area contributed by atoms with Crippen LogP contribution in [0.15, 0.2) is 77.9 Å². The van der Waals surface area contributed by atoms with Crippen LogP contribution in [-0.4, -0.2) is 27.2 Å². The topological polar surface area (TPSA) is 98.1 Å². The Balaban J connectivity index is 1.52. The van der Waals surface area contributed by atoms with Crippen molar-refractivity contribution >= 4 is 17.3 Å². The van der Waals surface area contributed by atoms with E-state index in [9.17, 15) is 18.4 Å². The Morgan fingerprint density at radius 2 is 1.91 bits per heavy atom. The maximum absolute atomic E-state index is 14.1. The average Bonchev–Trinajstić information content (AvgIpc) is 2.86. The zero-order chi connectivity index (χ0) is 24.8. The lowest BCUT2D eigenvalue weighted by molar-refractivity contribution is 0.0954. The molecule has 2 N–H and O–H groups in total. The average molecular weight is 477 g/mol. The molecule has 178 valence electrons. The van der Waals surface area contributed by atoms with Crippen LogP contribution >= 0.6 is 0 Å². The fourth-order valence-electron chi connectivity index (χ4n) is 3.23. The van der Waals surface area contributed by atoms with Crippen molar-refractivity contribution in [2.45, 2.75) is 6.42 Å². The molecule has 0 saturated heterocycles. The van der Waals surface area contributed by atoms with Crippen molar-refractivity contribution in [2.75, 3.05) is 11.9 Å². The number of carbonyl (C=O) groups excluding carboxylic acids is 1. The van der Waals surface area contributed by atoms with Crippen LogP contribution in [0.2, 0.25) is 0 Å². The Hall–Kier alpha value is -4.60. The highest BCUT2D eigenvalue weighted by atomic mass is 19.1. The molecule has 10 heteroatoms. The highest BCUT2D eigenvalue weighted by Gasteiger charge is 2.16. The maximum atomic E-state index is 14.1. The van der Waals surface area contributed by atoms with Gasteiger partial charge in [0.1, 0.15) is 5.82 Å². The van der Waals surface area contributed by atoms with E-state index in [0.29, 0.717) is 30.3 Å². The molecular weight excluding hydrogens is 456 g/mol. The molecule has 8 nitrogen and oxygen atoms in total. The van der Waals surface area contributed by atoms with Gasteiger partial charge in [-0.3, -0.25) is 14.6 Å². The van der Waals surface area contributed by atoms with Crippen LogP contribution in [0.5, 0.6) is 11.5 Å². The molecule has 0 aliphatic rings. The molecule has 2 aromatic carbocycles. The summed E-state index contributed by atoms with van der Waals surface area (Å²) in [6.07, 6.45) is 3.51. The van der Waals surface area contributed by atoms with E-state index < -0.39 is 17.2 Å². The number of benzene rings is 2. The second kappa shape index (κ2) is 10.6. The van der Waals surface area contributed by atoms with Gasteiger partial charge in [0.2, 0.25) is 0 Å². The number of rotatable bonds is 8. The van der Waals surface area contributed by atoms with Crippen molar-refractivity contribution in [1.29, 1.82) is 0 Å². The van der Waals surface area contributed by atoms with Crippen LogP contribution in [0.1, 0.15) is 16.1 Å². The molecule has 0 unspecified atom stereocenters. The molecule has 0 aliphatic carbocycles.